The van der Waals surface area contributed by atoms with Crippen molar-refractivity contribution in [1.82, 2.24) is 0 Å². The van der Waals surface area contributed by atoms with Gasteiger partial charge in [0.1, 0.15) is 5.75 Å². The Kier molecular flexibility index (Phi) is 2.02. The van der Waals surface area contributed by atoms with Gasteiger partial charge in [0, 0.05) is 10.8 Å². The van der Waals surface area contributed by atoms with Gasteiger partial charge in [0.15, 0.2) is 0 Å². The Balaban J connectivity index is 2.25. The smallest absolute Gasteiger partial charge is 0.126 e. The number of benzene rings is 3. The molecule has 0 heterocycles. The summed E-state index contributed by atoms with van der Waals surface area (Å²) in [5.74, 6) is 0.955. The van der Waals surface area contributed by atoms with Gasteiger partial charge in [-0.3, -0.25) is 0 Å². The fraction of sp³-hybridized carbons (Fsp3) is 0.111. The van der Waals surface area contributed by atoms with E-state index in [0.29, 0.717) is 0 Å². The van der Waals surface area contributed by atoms with Crippen LogP contribution in [0.4, 0.5) is 0 Å². The number of hydrogen-bond donors (Lipinski definition) is 0. The van der Waals surface area contributed by atoms with E-state index in [1.807, 2.05) is 0 Å². The topological polar surface area (TPSA) is 9.23 Å². The van der Waals surface area contributed by atoms with Gasteiger partial charge in [0.25, 0.3) is 0 Å². The second kappa shape index (κ2) is 3.61. The van der Waals surface area contributed by atoms with Gasteiger partial charge in [-0.15, -0.1) is 0 Å². The van der Waals surface area contributed by atoms with Gasteiger partial charge in [-0.05, 0) is 46.9 Å². The summed E-state index contributed by atoms with van der Waals surface area (Å²) < 4.78 is 5.52. The fourth-order valence-corrected chi connectivity index (χ4v) is 3.17. The largest absolute Gasteiger partial charge is 0.496 e. The molecular formula is C18H14O. The minimum absolute atomic E-state index is 0.955. The summed E-state index contributed by atoms with van der Waals surface area (Å²) >= 11 is 0. The summed E-state index contributed by atoms with van der Waals surface area (Å²) in [6, 6.07) is 17.4. The monoisotopic (exact) mass is 246 g/mol. The number of fused-ring (bicyclic) bond motifs is 3. The molecule has 0 amide bonds. The average Bonchev–Trinajstić information content (AvgIpc) is 2.75. The third-order valence-electron chi connectivity index (χ3n) is 3.95. The quantitative estimate of drug-likeness (QED) is 0.468. The van der Waals surface area contributed by atoms with E-state index >= 15 is 0 Å². The first-order valence-electron chi connectivity index (χ1n) is 6.51. The van der Waals surface area contributed by atoms with Crippen LogP contribution in [0, 0.1) is 6.92 Å². The van der Waals surface area contributed by atoms with Crippen LogP contribution < -0.4 is 4.74 Å². The number of ether oxygens (including phenoxy) is 1. The van der Waals surface area contributed by atoms with E-state index in [9.17, 15) is 0 Å². The molecule has 1 aliphatic rings. The molecule has 0 spiro atoms. The molecule has 0 N–H and O–H groups in total. The van der Waals surface area contributed by atoms with Crippen molar-refractivity contribution in [2.75, 3.05) is 7.11 Å². The van der Waals surface area contributed by atoms with Crippen LogP contribution in [-0.4, -0.2) is 7.11 Å². The molecule has 0 aromatic heterocycles. The maximum Gasteiger partial charge on any atom is 0.126 e. The van der Waals surface area contributed by atoms with Crippen LogP contribution in [0.15, 0.2) is 48.5 Å². The lowest BCUT2D eigenvalue weighted by molar-refractivity contribution is 0.420. The Labute approximate surface area is 112 Å². The molecule has 0 saturated heterocycles. The highest BCUT2D eigenvalue weighted by Crippen LogP contribution is 2.49. The zero-order chi connectivity index (χ0) is 13.0. The van der Waals surface area contributed by atoms with Crippen molar-refractivity contribution in [3.63, 3.8) is 0 Å². The van der Waals surface area contributed by atoms with E-state index in [-0.39, 0.29) is 0 Å². The molecule has 0 fully saturated rings. The third-order valence-corrected chi connectivity index (χ3v) is 3.95. The first-order chi connectivity index (χ1) is 9.29. The van der Waals surface area contributed by atoms with Gasteiger partial charge in [0.2, 0.25) is 0 Å². The van der Waals surface area contributed by atoms with Crippen LogP contribution in [0.25, 0.3) is 33.0 Å². The van der Waals surface area contributed by atoms with Crippen LogP contribution in [0.2, 0.25) is 0 Å². The first kappa shape index (κ1) is 10.6. The van der Waals surface area contributed by atoms with Crippen LogP contribution in [-0.2, 0) is 0 Å². The lowest BCUT2D eigenvalue weighted by Gasteiger charge is -2.09. The molecule has 0 bridgehead atoms. The number of aryl methyl sites for hydroxylation is 1. The Bertz CT molecular complexity index is 815. The summed E-state index contributed by atoms with van der Waals surface area (Å²) in [6.07, 6.45) is 0. The average molecular weight is 246 g/mol. The normalized spacial score (nSPS) is 11.7. The van der Waals surface area contributed by atoms with Crippen LogP contribution >= 0.6 is 0 Å². The van der Waals surface area contributed by atoms with Crippen LogP contribution in [0.1, 0.15) is 5.56 Å². The summed E-state index contributed by atoms with van der Waals surface area (Å²) in [6.45, 7) is 2.14. The van der Waals surface area contributed by atoms with Crippen LogP contribution in [0.3, 0.4) is 0 Å². The molecule has 0 radical (unpaired) electrons. The first-order valence-corrected chi connectivity index (χ1v) is 6.51. The maximum atomic E-state index is 5.52. The molecule has 19 heavy (non-hydrogen) atoms. The van der Waals surface area contributed by atoms with E-state index in [2.05, 4.69) is 55.5 Å². The Morgan fingerprint density at radius 2 is 1.53 bits per heavy atom. The fourth-order valence-electron chi connectivity index (χ4n) is 3.17. The second-order valence-electron chi connectivity index (χ2n) is 5.10. The highest BCUT2D eigenvalue weighted by molar-refractivity contribution is 6.16. The van der Waals surface area contributed by atoms with E-state index in [1.54, 1.807) is 7.11 Å². The minimum Gasteiger partial charge on any atom is -0.496 e. The Hall–Kier alpha value is -2.28. The van der Waals surface area contributed by atoms with Gasteiger partial charge in [-0.25, -0.2) is 0 Å². The minimum atomic E-state index is 0.955. The predicted molar refractivity (Wildman–Crippen MR) is 79.7 cm³/mol. The lowest BCUT2D eigenvalue weighted by atomic mass is 10.00. The molecule has 3 aromatic carbocycles. The molecule has 0 unspecified atom stereocenters. The highest BCUT2D eigenvalue weighted by atomic mass is 16.5. The van der Waals surface area contributed by atoms with Crippen molar-refractivity contribution in [3.05, 3.63) is 54.1 Å². The molecule has 92 valence electrons. The van der Waals surface area contributed by atoms with Gasteiger partial charge in [-0.1, -0.05) is 36.4 Å². The van der Waals surface area contributed by atoms with Gasteiger partial charge in [0.05, 0.1) is 7.11 Å². The molecule has 1 heteroatoms. The van der Waals surface area contributed by atoms with E-state index in [4.69, 9.17) is 4.74 Å². The summed E-state index contributed by atoms with van der Waals surface area (Å²) in [4.78, 5) is 0. The molecule has 3 aromatic rings. The maximum absolute atomic E-state index is 5.52. The van der Waals surface area contributed by atoms with E-state index in [0.717, 1.165) is 5.75 Å². The SMILES string of the molecule is COc1ccc2c3c(cc(C)cc13)-c1ccccc1-2. The van der Waals surface area contributed by atoms with Crippen molar-refractivity contribution in [3.8, 4) is 28.0 Å². The standard InChI is InChI=1S/C18H14O/c1-11-9-15-13-6-4-3-5-12(13)14-7-8-17(19-2)16(10-11)18(14)15/h3-10H,1-2H3. The molecule has 0 aliphatic heterocycles. The van der Waals surface area contributed by atoms with Crippen molar-refractivity contribution in [2.45, 2.75) is 6.92 Å². The number of methoxy groups -OCH3 is 1. The number of hydrogen-bond acceptors (Lipinski definition) is 1. The second-order valence-corrected chi connectivity index (χ2v) is 5.10. The predicted octanol–water partition coefficient (Wildman–Crippen LogP) is 4.80. The third kappa shape index (κ3) is 1.30. The molecule has 1 aliphatic carbocycles. The molecule has 0 saturated carbocycles. The zero-order valence-corrected chi connectivity index (χ0v) is 11.0. The zero-order valence-electron chi connectivity index (χ0n) is 11.0. The molecule has 1 nitrogen and oxygen atoms in total. The molecule has 0 atom stereocenters. The highest BCUT2D eigenvalue weighted by Gasteiger charge is 2.22. The van der Waals surface area contributed by atoms with Crippen molar-refractivity contribution >= 4 is 10.8 Å². The molecular weight excluding hydrogens is 232 g/mol. The summed E-state index contributed by atoms with van der Waals surface area (Å²) in [7, 11) is 1.74. The van der Waals surface area contributed by atoms with Gasteiger partial charge in [-0.2, -0.15) is 0 Å². The van der Waals surface area contributed by atoms with Gasteiger partial charge >= 0.3 is 0 Å². The van der Waals surface area contributed by atoms with Gasteiger partial charge < -0.3 is 4.74 Å². The van der Waals surface area contributed by atoms with Crippen molar-refractivity contribution in [1.29, 1.82) is 0 Å². The number of rotatable bonds is 1. The summed E-state index contributed by atoms with van der Waals surface area (Å²) in [5, 5.41) is 2.54. The Morgan fingerprint density at radius 1 is 0.789 bits per heavy atom. The van der Waals surface area contributed by atoms with Crippen molar-refractivity contribution in [2.24, 2.45) is 0 Å². The van der Waals surface area contributed by atoms with Crippen molar-refractivity contribution < 1.29 is 4.74 Å². The summed E-state index contributed by atoms with van der Waals surface area (Å²) in [5.41, 5.74) is 6.59. The van der Waals surface area contributed by atoms with E-state index in [1.165, 1.54) is 38.6 Å². The molecule has 4 rings (SSSR count). The van der Waals surface area contributed by atoms with Crippen LogP contribution in [0.5, 0.6) is 5.75 Å². The van der Waals surface area contributed by atoms with E-state index < -0.39 is 0 Å². The Morgan fingerprint density at radius 3 is 2.26 bits per heavy atom. The lowest BCUT2D eigenvalue weighted by Crippen LogP contribution is -1.86.